The molecule has 0 aliphatic carbocycles. The van der Waals surface area contributed by atoms with Crippen molar-refractivity contribution in [3.05, 3.63) is 77.9 Å². The third kappa shape index (κ3) is 5.09. The summed E-state index contributed by atoms with van der Waals surface area (Å²) in [5, 5.41) is 15.1. The maximum Gasteiger partial charge on any atom is 0.229 e. The van der Waals surface area contributed by atoms with Gasteiger partial charge in [0.2, 0.25) is 5.95 Å². The van der Waals surface area contributed by atoms with Crippen molar-refractivity contribution in [2.75, 3.05) is 43.1 Å². The first kappa shape index (κ1) is 22.4. The minimum atomic E-state index is 0.433. The standard InChI is InChI=1S/C26H26N8O/c1-33(2)13-14-35-21-11-12-22-23(15-21)30-26(29-20-9-7-18(16-27)8-10-20)31-25(22)32-34-24-6-4-3-5-19(24)17-28-34/h3-12,15,28H,13-14,17H2,1-2H3,(H2,29,30,31,32). The highest BCUT2D eigenvalue weighted by Crippen LogP contribution is 2.30. The van der Waals surface area contributed by atoms with Crippen molar-refractivity contribution in [3.8, 4) is 11.8 Å². The van der Waals surface area contributed by atoms with Crippen molar-refractivity contribution in [2.45, 2.75) is 6.54 Å². The van der Waals surface area contributed by atoms with Gasteiger partial charge >= 0.3 is 0 Å². The van der Waals surface area contributed by atoms with Crippen LogP contribution in [-0.2, 0) is 6.54 Å². The lowest BCUT2D eigenvalue weighted by Crippen LogP contribution is -2.37. The molecule has 0 fully saturated rings. The van der Waals surface area contributed by atoms with Crippen LogP contribution in [0.5, 0.6) is 5.75 Å². The van der Waals surface area contributed by atoms with Crippen LogP contribution in [-0.4, -0.2) is 42.1 Å². The van der Waals surface area contributed by atoms with Gasteiger partial charge in [-0.2, -0.15) is 10.2 Å². The van der Waals surface area contributed by atoms with Gasteiger partial charge in [0.05, 0.1) is 22.8 Å². The van der Waals surface area contributed by atoms with Crippen LogP contribution in [0.2, 0.25) is 0 Å². The zero-order valence-corrected chi connectivity index (χ0v) is 19.6. The summed E-state index contributed by atoms with van der Waals surface area (Å²) in [5.74, 6) is 1.83. The second kappa shape index (κ2) is 9.85. The third-order valence-corrected chi connectivity index (χ3v) is 5.62. The molecule has 1 aromatic heterocycles. The summed E-state index contributed by atoms with van der Waals surface area (Å²) in [4.78, 5) is 11.6. The number of fused-ring (bicyclic) bond motifs is 2. The molecule has 4 aromatic rings. The highest BCUT2D eigenvalue weighted by Gasteiger charge is 2.20. The molecule has 0 spiro atoms. The summed E-state index contributed by atoms with van der Waals surface area (Å²) in [6.45, 7) is 2.13. The zero-order chi connectivity index (χ0) is 24.2. The fourth-order valence-electron chi connectivity index (χ4n) is 3.78. The Kier molecular flexibility index (Phi) is 6.30. The molecule has 5 rings (SSSR count). The highest BCUT2D eigenvalue weighted by atomic mass is 16.5. The number of likely N-dealkylation sites (N-methyl/N-ethyl adjacent to an activating group) is 1. The molecule has 176 valence electrons. The molecule has 3 aromatic carbocycles. The number of benzene rings is 3. The second-order valence-corrected chi connectivity index (χ2v) is 8.45. The predicted octanol–water partition coefficient (Wildman–Crippen LogP) is 4.04. The first-order valence-corrected chi connectivity index (χ1v) is 11.3. The van der Waals surface area contributed by atoms with E-state index in [2.05, 4.69) is 39.3 Å². The molecule has 35 heavy (non-hydrogen) atoms. The summed E-state index contributed by atoms with van der Waals surface area (Å²) in [7, 11) is 4.03. The summed E-state index contributed by atoms with van der Waals surface area (Å²) in [6.07, 6.45) is 0. The Hall–Kier alpha value is -4.39. The average molecular weight is 467 g/mol. The number of nitrogens with zero attached hydrogens (tertiary/aromatic N) is 5. The van der Waals surface area contributed by atoms with Crippen LogP contribution >= 0.6 is 0 Å². The number of aromatic nitrogens is 2. The molecule has 0 saturated carbocycles. The minimum Gasteiger partial charge on any atom is -0.492 e. The van der Waals surface area contributed by atoms with Crippen molar-refractivity contribution in [1.82, 2.24) is 20.3 Å². The lowest BCUT2D eigenvalue weighted by Gasteiger charge is -2.22. The van der Waals surface area contributed by atoms with Gasteiger partial charge in [-0.15, -0.1) is 0 Å². The van der Waals surface area contributed by atoms with Gasteiger partial charge in [-0.3, -0.25) is 5.43 Å². The van der Waals surface area contributed by atoms with Gasteiger partial charge in [0.15, 0.2) is 5.82 Å². The Morgan fingerprint density at radius 3 is 2.71 bits per heavy atom. The van der Waals surface area contributed by atoms with Gasteiger partial charge in [0.25, 0.3) is 0 Å². The van der Waals surface area contributed by atoms with Crippen LogP contribution in [0.15, 0.2) is 66.7 Å². The molecule has 0 bridgehead atoms. The topological polar surface area (TPSA) is 101 Å². The van der Waals surface area contributed by atoms with Crippen molar-refractivity contribution >= 4 is 34.0 Å². The number of nitrogens with one attached hydrogen (secondary N) is 3. The van der Waals surface area contributed by atoms with Gasteiger partial charge in [-0.1, -0.05) is 18.2 Å². The SMILES string of the molecule is CN(C)CCOc1ccc2c(NN3NCc4ccccc43)nc(Nc3ccc(C#N)cc3)nc2c1. The fraction of sp³-hybridized carbons (Fsp3) is 0.192. The first-order chi connectivity index (χ1) is 17.1. The van der Waals surface area contributed by atoms with Crippen molar-refractivity contribution in [3.63, 3.8) is 0 Å². The summed E-state index contributed by atoms with van der Waals surface area (Å²) in [5.41, 5.74) is 11.1. The number of hydrazine groups is 2. The van der Waals surface area contributed by atoms with Gasteiger partial charge in [-0.25, -0.2) is 15.5 Å². The van der Waals surface area contributed by atoms with Crippen LogP contribution in [0, 0.1) is 11.3 Å². The Morgan fingerprint density at radius 1 is 1.09 bits per heavy atom. The van der Waals surface area contributed by atoms with E-state index in [9.17, 15) is 0 Å². The van der Waals surface area contributed by atoms with Crippen LogP contribution in [0.3, 0.4) is 0 Å². The normalized spacial score (nSPS) is 12.5. The van der Waals surface area contributed by atoms with E-state index in [0.29, 0.717) is 23.9 Å². The van der Waals surface area contributed by atoms with E-state index in [1.54, 1.807) is 12.1 Å². The molecule has 0 radical (unpaired) electrons. The number of rotatable bonds is 8. The van der Waals surface area contributed by atoms with Gasteiger partial charge in [0.1, 0.15) is 12.4 Å². The number of para-hydroxylation sites is 1. The van der Waals surface area contributed by atoms with Crippen LogP contribution < -0.4 is 26.0 Å². The van der Waals surface area contributed by atoms with E-state index >= 15 is 0 Å². The molecule has 0 amide bonds. The zero-order valence-electron chi connectivity index (χ0n) is 19.6. The lowest BCUT2D eigenvalue weighted by molar-refractivity contribution is 0.261. The monoisotopic (exact) mass is 466 g/mol. The molecule has 9 nitrogen and oxygen atoms in total. The molecule has 0 saturated heterocycles. The number of hydrogen-bond donors (Lipinski definition) is 3. The second-order valence-electron chi connectivity index (χ2n) is 8.45. The van der Waals surface area contributed by atoms with Crippen LogP contribution in [0.4, 0.5) is 23.1 Å². The molecule has 9 heteroatoms. The van der Waals surface area contributed by atoms with Gasteiger partial charge < -0.3 is 15.0 Å². The fourth-order valence-corrected chi connectivity index (χ4v) is 3.78. The summed E-state index contributed by atoms with van der Waals surface area (Å²) < 4.78 is 5.93. The molecule has 0 unspecified atom stereocenters. The molecule has 2 heterocycles. The predicted molar refractivity (Wildman–Crippen MR) is 137 cm³/mol. The summed E-state index contributed by atoms with van der Waals surface area (Å²) >= 11 is 0. The third-order valence-electron chi connectivity index (χ3n) is 5.62. The largest absolute Gasteiger partial charge is 0.492 e. The average Bonchev–Trinajstić information content (AvgIpc) is 3.27. The molecule has 3 N–H and O–H groups in total. The Labute approximate surface area is 203 Å². The van der Waals surface area contributed by atoms with Crippen LogP contribution in [0.1, 0.15) is 11.1 Å². The van der Waals surface area contributed by atoms with Gasteiger partial charge in [0, 0.05) is 30.2 Å². The van der Waals surface area contributed by atoms with E-state index in [1.807, 2.05) is 61.7 Å². The minimum absolute atomic E-state index is 0.433. The quantitative estimate of drug-likeness (QED) is 0.355. The first-order valence-electron chi connectivity index (χ1n) is 11.3. The molecule has 0 atom stereocenters. The van der Waals surface area contributed by atoms with E-state index in [4.69, 9.17) is 20.0 Å². The maximum atomic E-state index is 9.07. The number of hydrogen-bond acceptors (Lipinski definition) is 9. The summed E-state index contributed by atoms with van der Waals surface area (Å²) in [6, 6.07) is 23.3. The molecular formula is C26H26N8O. The van der Waals surface area contributed by atoms with E-state index in [0.717, 1.165) is 41.1 Å². The van der Waals surface area contributed by atoms with Crippen molar-refractivity contribution in [2.24, 2.45) is 0 Å². The number of ether oxygens (including phenoxy) is 1. The van der Waals surface area contributed by atoms with E-state index < -0.39 is 0 Å². The lowest BCUT2D eigenvalue weighted by atomic mass is 10.2. The van der Waals surface area contributed by atoms with Gasteiger partial charge in [-0.05, 0) is 62.1 Å². The maximum absolute atomic E-state index is 9.07. The van der Waals surface area contributed by atoms with Crippen molar-refractivity contribution in [1.29, 1.82) is 5.26 Å². The molecule has 1 aliphatic rings. The number of nitriles is 1. The van der Waals surface area contributed by atoms with Crippen LogP contribution in [0.25, 0.3) is 10.9 Å². The van der Waals surface area contributed by atoms with E-state index in [1.165, 1.54) is 5.56 Å². The smallest absolute Gasteiger partial charge is 0.229 e. The molecule has 1 aliphatic heterocycles. The van der Waals surface area contributed by atoms with E-state index in [-0.39, 0.29) is 0 Å². The number of anilines is 4. The Bertz CT molecular complexity index is 1380. The Morgan fingerprint density at radius 2 is 1.91 bits per heavy atom. The van der Waals surface area contributed by atoms with Crippen molar-refractivity contribution < 1.29 is 4.74 Å². The highest BCUT2D eigenvalue weighted by molar-refractivity contribution is 5.92. The Balaban J connectivity index is 1.48. The molecular weight excluding hydrogens is 440 g/mol.